The van der Waals surface area contributed by atoms with Crippen LogP contribution in [0.4, 0.5) is 11.4 Å². The van der Waals surface area contributed by atoms with Gasteiger partial charge in [-0.1, -0.05) is 13.8 Å². The molecular weight excluding hydrogens is 392 g/mol. The Bertz CT molecular complexity index is 843. The van der Waals surface area contributed by atoms with Gasteiger partial charge in [-0.2, -0.15) is 0 Å². The molecule has 7 nitrogen and oxygen atoms in total. The van der Waals surface area contributed by atoms with Gasteiger partial charge in [-0.05, 0) is 48.7 Å². The predicted octanol–water partition coefficient (Wildman–Crippen LogP) is 2.51. The largest absolute Gasteiger partial charge is 0.459 e. The number of anilines is 2. The van der Waals surface area contributed by atoms with Crippen LogP contribution in [-0.4, -0.2) is 58.0 Å². The van der Waals surface area contributed by atoms with Crippen molar-refractivity contribution in [2.24, 2.45) is 5.92 Å². The summed E-state index contributed by atoms with van der Waals surface area (Å²) in [5.74, 6) is 0.190. The first-order valence-electron chi connectivity index (χ1n) is 11.0. The van der Waals surface area contributed by atoms with E-state index < -0.39 is 0 Å². The van der Waals surface area contributed by atoms with Gasteiger partial charge in [0, 0.05) is 37.9 Å². The lowest BCUT2D eigenvalue weighted by Gasteiger charge is -2.29. The number of hydrogen-bond acceptors (Lipinski definition) is 4. The molecule has 31 heavy (non-hydrogen) atoms. The second kappa shape index (κ2) is 11.6. The molecule has 0 bridgehead atoms. The maximum absolute atomic E-state index is 13.2. The van der Waals surface area contributed by atoms with Crippen LogP contribution in [0.1, 0.15) is 42.8 Å². The Morgan fingerprint density at radius 3 is 2.39 bits per heavy atom. The van der Waals surface area contributed by atoms with Gasteiger partial charge >= 0.3 is 0 Å². The van der Waals surface area contributed by atoms with Crippen molar-refractivity contribution in [2.45, 2.75) is 33.2 Å². The summed E-state index contributed by atoms with van der Waals surface area (Å²) in [5.41, 5.74) is 2.70. The van der Waals surface area contributed by atoms with Gasteiger partial charge in [-0.25, -0.2) is 0 Å². The van der Waals surface area contributed by atoms with Gasteiger partial charge in [0.05, 0.1) is 33.4 Å². The van der Waals surface area contributed by atoms with E-state index in [9.17, 15) is 9.59 Å². The third-order valence-electron chi connectivity index (χ3n) is 5.45. The number of carbonyl (C=O) groups excluding carboxylic acids is 2. The number of benzene rings is 1. The molecule has 0 aliphatic carbocycles. The predicted molar refractivity (Wildman–Crippen MR) is 125 cm³/mol. The molecule has 2 aromatic rings. The molecule has 0 atom stereocenters. The first-order valence-corrected chi connectivity index (χ1v) is 11.0. The fraction of sp³-hybridized carbons (Fsp3) is 0.500. The molecular formula is C24H37N4O3+. The second-order valence-electron chi connectivity index (χ2n) is 8.40. The number of rotatable bonds is 11. The van der Waals surface area contributed by atoms with Gasteiger partial charge in [0.2, 0.25) is 5.91 Å². The summed E-state index contributed by atoms with van der Waals surface area (Å²) in [6, 6.07) is 9.11. The van der Waals surface area contributed by atoms with Crippen molar-refractivity contribution in [3.8, 4) is 0 Å². The molecule has 170 valence electrons. The van der Waals surface area contributed by atoms with E-state index in [4.69, 9.17) is 4.42 Å². The lowest BCUT2D eigenvalue weighted by molar-refractivity contribution is -0.857. The van der Waals surface area contributed by atoms with Crippen molar-refractivity contribution in [1.82, 2.24) is 4.90 Å². The Morgan fingerprint density at radius 1 is 1.13 bits per heavy atom. The molecule has 1 aromatic heterocycles. The monoisotopic (exact) mass is 429 g/mol. The van der Waals surface area contributed by atoms with Crippen LogP contribution in [0.5, 0.6) is 0 Å². The van der Waals surface area contributed by atoms with Crippen molar-refractivity contribution in [3.63, 3.8) is 0 Å². The Balaban J connectivity index is 2.31. The summed E-state index contributed by atoms with van der Waals surface area (Å²) in [6.07, 6.45) is 3.14. The van der Waals surface area contributed by atoms with E-state index in [2.05, 4.69) is 33.3 Å². The molecule has 2 N–H and O–H groups in total. The zero-order chi connectivity index (χ0) is 23.0. The minimum absolute atomic E-state index is 0.0295. The average Bonchev–Trinajstić information content (AvgIpc) is 3.26. The zero-order valence-electron chi connectivity index (χ0n) is 19.7. The van der Waals surface area contributed by atoms with Gasteiger partial charge in [-0.3, -0.25) is 9.59 Å². The molecule has 0 saturated heterocycles. The van der Waals surface area contributed by atoms with Crippen LogP contribution in [0.25, 0.3) is 0 Å². The van der Waals surface area contributed by atoms with Crippen molar-refractivity contribution in [2.75, 3.05) is 51.5 Å². The van der Waals surface area contributed by atoms with Crippen LogP contribution in [0.2, 0.25) is 0 Å². The number of carbonyl (C=O) groups is 2. The van der Waals surface area contributed by atoms with Crippen LogP contribution in [0, 0.1) is 5.92 Å². The normalized spacial score (nSPS) is 11.1. The molecule has 1 heterocycles. The highest BCUT2D eigenvalue weighted by Crippen LogP contribution is 2.26. The number of likely N-dealkylation sites (N-methyl/N-ethyl adjacent to an activating group) is 1. The van der Waals surface area contributed by atoms with Crippen LogP contribution < -0.4 is 15.1 Å². The Labute approximate surface area is 186 Å². The Hall–Kier alpha value is -2.80. The van der Waals surface area contributed by atoms with Crippen LogP contribution in [0.3, 0.4) is 0 Å². The van der Waals surface area contributed by atoms with Gasteiger partial charge in [0.25, 0.3) is 5.91 Å². The summed E-state index contributed by atoms with van der Waals surface area (Å²) in [7, 11) is 8.15. The molecule has 0 radical (unpaired) electrons. The maximum Gasteiger partial charge on any atom is 0.291 e. The second-order valence-corrected chi connectivity index (χ2v) is 8.40. The maximum atomic E-state index is 13.2. The summed E-state index contributed by atoms with van der Waals surface area (Å²) in [4.78, 5) is 30.9. The highest BCUT2D eigenvalue weighted by Gasteiger charge is 2.23. The first kappa shape index (κ1) is 24.5. The lowest BCUT2D eigenvalue weighted by atomic mass is 10.0. The van der Waals surface area contributed by atoms with E-state index in [1.807, 2.05) is 42.1 Å². The van der Waals surface area contributed by atoms with Crippen LogP contribution in [-0.2, 0) is 11.3 Å². The zero-order valence-corrected chi connectivity index (χ0v) is 19.7. The molecule has 7 heteroatoms. The van der Waals surface area contributed by atoms with E-state index >= 15 is 0 Å². The molecule has 2 rings (SSSR count). The van der Waals surface area contributed by atoms with E-state index in [0.717, 1.165) is 30.6 Å². The number of hydrogen-bond donors (Lipinski definition) is 2. The summed E-state index contributed by atoms with van der Waals surface area (Å²) < 4.78 is 5.19. The van der Waals surface area contributed by atoms with Crippen molar-refractivity contribution in [3.05, 3.63) is 47.9 Å². The summed E-state index contributed by atoms with van der Waals surface area (Å²) >= 11 is 0. The van der Waals surface area contributed by atoms with Crippen molar-refractivity contribution >= 4 is 23.2 Å². The topological polar surface area (TPSA) is 70.2 Å². The SMILES string of the molecule is CCC(CC)C(=O)N(CC[NH+](C)C)Cc1cc(NC(=O)c2ccco2)ccc1N(C)C. The third-order valence-corrected chi connectivity index (χ3v) is 5.45. The Kier molecular flexibility index (Phi) is 9.12. The fourth-order valence-electron chi connectivity index (χ4n) is 3.55. The van der Waals surface area contributed by atoms with Crippen LogP contribution in [0.15, 0.2) is 41.0 Å². The van der Waals surface area contributed by atoms with Crippen LogP contribution >= 0.6 is 0 Å². The van der Waals surface area contributed by atoms with E-state index in [1.54, 1.807) is 12.1 Å². The van der Waals surface area contributed by atoms with Crippen molar-refractivity contribution < 1.29 is 18.9 Å². The number of amides is 2. The number of nitrogens with zero attached hydrogens (tertiary/aromatic N) is 2. The molecule has 0 saturated carbocycles. The smallest absolute Gasteiger partial charge is 0.291 e. The highest BCUT2D eigenvalue weighted by atomic mass is 16.3. The molecule has 0 aliphatic rings. The fourth-order valence-corrected chi connectivity index (χ4v) is 3.55. The van der Waals surface area contributed by atoms with E-state index in [1.165, 1.54) is 11.2 Å². The lowest BCUT2D eigenvalue weighted by Crippen LogP contribution is -3.06. The molecule has 0 unspecified atom stereocenters. The van der Waals surface area contributed by atoms with E-state index in [-0.39, 0.29) is 23.5 Å². The first-order chi connectivity index (χ1) is 14.8. The van der Waals surface area contributed by atoms with Gasteiger partial charge in [-0.15, -0.1) is 0 Å². The third kappa shape index (κ3) is 6.85. The molecule has 0 spiro atoms. The van der Waals surface area contributed by atoms with Crippen molar-refractivity contribution in [1.29, 1.82) is 0 Å². The number of quaternary nitrogens is 1. The number of furan rings is 1. The highest BCUT2D eigenvalue weighted by molar-refractivity contribution is 6.02. The average molecular weight is 430 g/mol. The van der Waals surface area contributed by atoms with Gasteiger partial charge < -0.3 is 24.4 Å². The number of nitrogens with one attached hydrogen (secondary N) is 2. The molecule has 1 aromatic carbocycles. The standard InChI is InChI=1S/C24H36N4O3/c1-7-18(8-2)24(30)28(14-13-26(3)4)17-19-16-20(11-12-21(19)27(5)6)25-23(29)22-10-9-15-31-22/h9-12,15-16,18H,7-8,13-14,17H2,1-6H3,(H,25,29)/p+1. The summed E-state index contributed by atoms with van der Waals surface area (Å²) in [6.45, 7) is 6.20. The van der Waals surface area contributed by atoms with E-state index in [0.29, 0.717) is 18.8 Å². The van der Waals surface area contributed by atoms with Gasteiger partial charge in [0.15, 0.2) is 5.76 Å². The molecule has 2 amide bonds. The minimum atomic E-state index is -0.297. The van der Waals surface area contributed by atoms with Gasteiger partial charge in [0.1, 0.15) is 0 Å². The molecule has 0 aliphatic heterocycles. The molecule has 0 fully saturated rings. The Morgan fingerprint density at radius 2 is 1.84 bits per heavy atom. The summed E-state index contributed by atoms with van der Waals surface area (Å²) in [5, 5.41) is 2.89. The minimum Gasteiger partial charge on any atom is -0.459 e. The quantitative estimate of drug-likeness (QED) is 0.576.